The van der Waals surface area contributed by atoms with Gasteiger partial charge in [0.05, 0.1) is 25.4 Å². The van der Waals surface area contributed by atoms with Crippen molar-refractivity contribution in [2.75, 3.05) is 13.2 Å². The summed E-state index contributed by atoms with van der Waals surface area (Å²) < 4.78 is 42.7. The predicted octanol–water partition coefficient (Wildman–Crippen LogP) is 3.37. The minimum atomic E-state index is -4.31. The van der Waals surface area contributed by atoms with E-state index in [0.29, 0.717) is 24.6 Å². The number of hydrogen-bond donors (Lipinski definition) is 2. The Morgan fingerprint density at radius 3 is 2.39 bits per heavy atom. The molecule has 2 aromatic rings. The summed E-state index contributed by atoms with van der Waals surface area (Å²) in [6, 6.07) is 9.09. The van der Waals surface area contributed by atoms with Crippen molar-refractivity contribution in [3.63, 3.8) is 0 Å². The number of nitrogens with one attached hydrogen (secondary N) is 2. The molecule has 0 spiro atoms. The van der Waals surface area contributed by atoms with E-state index in [2.05, 4.69) is 25.5 Å². The van der Waals surface area contributed by atoms with E-state index in [1.165, 1.54) is 0 Å². The maximum Gasteiger partial charge on any atom is 0.411 e. The Kier molecular flexibility index (Phi) is 10.3. The summed E-state index contributed by atoms with van der Waals surface area (Å²) in [5.74, 6) is 0.677. The number of rotatable bonds is 8. The number of ether oxygens (including phenoxy) is 1. The number of benzene rings is 1. The third-order valence-electron chi connectivity index (χ3n) is 3.68. The molecule has 0 saturated heterocycles. The van der Waals surface area contributed by atoms with Gasteiger partial charge in [0.2, 0.25) is 0 Å². The van der Waals surface area contributed by atoms with Crippen LogP contribution in [0.2, 0.25) is 0 Å². The fraction of sp³-hybridized carbons (Fsp3) is 0.444. The molecule has 0 aliphatic heterocycles. The van der Waals surface area contributed by atoms with Crippen molar-refractivity contribution in [2.24, 2.45) is 12.0 Å². The molecular weight excluding hydrogens is 486 g/mol. The summed E-state index contributed by atoms with van der Waals surface area (Å²) in [6.07, 6.45) is -2.57. The molecule has 1 aromatic heterocycles. The van der Waals surface area contributed by atoms with Crippen molar-refractivity contribution in [1.29, 1.82) is 0 Å². The molecule has 0 bridgehead atoms. The third-order valence-corrected chi connectivity index (χ3v) is 3.68. The first kappa shape index (κ1) is 24.2. The number of halogens is 4. The van der Waals surface area contributed by atoms with Gasteiger partial charge in [-0.3, -0.25) is 4.68 Å². The number of alkyl halides is 3. The first-order valence-corrected chi connectivity index (χ1v) is 8.58. The molecule has 0 saturated carbocycles. The molecule has 28 heavy (non-hydrogen) atoms. The van der Waals surface area contributed by atoms with E-state index < -0.39 is 12.8 Å². The molecule has 0 amide bonds. The van der Waals surface area contributed by atoms with Crippen LogP contribution in [0.15, 0.2) is 41.5 Å². The summed E-state index contributed by atoms with van der Waals surface area (Å²) in [5, 5.41) is 10.5. The molecule has 0 aliphatic carbocycles. The largest absolute Gasteiger partial charge is 0.411 e. The second-order valence-corrected chi connectivity index (χ2v) is 5.92. The van der Waals surface area contributed by atoms with Gasteiger partial charge in [-0.05, 0) is 24.1 Å². The lowest BCUT2D eigenvalue weighted by atomic mass is 10.1. The summed E-state index contributed by atoms with van der Waals surface area (Å²) in [7, 11) is 1.88. The van der Waals surface area contributed by atoms with Gasteiger partial charge >= 0.3 is 6.18 Å². The van der Waals surface area contributed by atoms with Gasteiger partial charge in [0.15, 0.2) is 5.96 Å². The van der Waals surface area contributed by atoms with Gasteiger partial charge in [-0.2, -0.15) is 18.3 Å². The van der Waals surface area contributed by atoms with Gasteiger partial charge in [-0.1, -0.05) is 24.3 Å². The molecule has 0 fully saturated rings. The van der Waals surface area contributed by atoms with Crippen LogP contribution in [-0.4, -0.2) is 35.1 Å². The number of hydrogen-bond acceptors (Lipinski definition) is 3. The van der Waals surface area contributed by atoms with Crippen LogP contribution in [0, 0.1) is 0 Å². The van der Waals surface area contributed by atoms with E-state index in [-0.39, 0.29) is 30.6 Å². The second kappa shape index (κ2) is 11.9. The van der Waals surface area contributed by atoms with Gasteiger partial charge in [0.1, 0.15) is 6.61 Å². The zero-order valence-corrected chi connectivity index (χ0v) is 18.1. The Balaban J connectivity index is 0.00000392. The monoisotopic (exact) mass is 511 g/mol. The van der Waals surface area contributed by atoms with Crippen molar-refractivity contribution in [2.45, 2.75) is 32.8 Å². The molecule has 2 rings (SSSR count). The maximum absolute atomic E-state index is 12.1. The molecule has 6 nitrogen and oxygen atoms in total. The number of aliphatic imine (C=N–C) groups is 1. The highest BCUT2D eigenvalue weighted by atomic mass is 127. The normalized spacial score (nSPS) is 11.8. The Bertz CT molecular complexity index is 732. The van der Waals surface area contributed by atoms with Crippen molar-refractivity contribution in [3.8, 4) is 0 Å². The smallest absolute Gasteiger partial charge is 0.367 e. The van der Waals surface area contributed by atoms with Crippen LogP contribution < -0.4 is 10.6 Å². The fourth-order valence-electron chi connectivity index (χ4n) is 2.29. The first-order chi connectivity index (χ1) is 12.9. The molecule has 0 aliphatic rings. The molecule has 0 atom stereocenters. The van der Waals surface area contributed by atoms with Crippen LogP contribution in [0.1, 0.15) is 23.7 Å². The van der Waals surface area contributed by atoms with Gasteiger partial charge in [0, 0.05) is 19.8 Å². The lowest BCUT2D eigenvalue weighted by Gasteiger charge is -2.11. The standard InChI is InChI=1S/C18H24F3N5O.HI/c1-3-22-17(24-11-16-8-9-25-26(16)2)23-10-14-4-6-15(7-5-14)12-27-13-18(19,20)21;/h4-9H,3,10-13H2,1-2H3,(H2,22,23,24);1H. The molecule has 2 N–H and O–H groups in total. The van der Waals surface area contributed by atoms with E-state index in [1.807, 2.05) is 32.2 Å². The zero-order chi connectivity index (χ0) is 19.7. The third kappa shape index (κ3) is 8.91. The van der Waals surface area contributed by atoms with Crippen LogP contribution >= 0.6 is 24.0 Å². The number of guanidine groups is 1. The van der Waals surface area contributed by atoms with Crippen LogP contribution in [0.4, 0.5) is 13.2 Å². The quantitative estimate of drug-likeness (QED) is 0.324. The van der Waals surface area contributed by atoms with Crippen LogP contribution in [-0.2, 0) is 31.5 Å². The molecule has 156 valence electrons. The average molecular weight is 511 g/mol. The van der Waals surface area contributed by atoms with Gasteiger partial charge < -0.3 is 15.4 Å². The van der Waals surface area contributed by atoms with Crippen molar-refractivity contribution in [1.82, 2.24) is 20.4 Å². The van der Waals surface area contributed by atoms with Gasteiger partial charge in [0.25, 0.3) is 0 Å². The Hall–Kier alpha value is -1.82. The number of aromatic nitrogens is 2. The fourth-order valence-corrected chi connectivity index (χ4v) is 2.29. The predicted molar refractivity (Wildman–Crippen MR) is 112 cm³/mol. The average Bonchev–Trinajstić information content (AvgIpc) is 3.02. The van der Waals surface area contributed by atoms with Crippen LogP contribution in [0.5, 0.6) is 0 Å². The van der Waals surface area contributed by atoms with E-state index >= 15 is 0 Å². The summed E-state index contributed by atoms with van der Waals surface area (Å²) in [4.78, 5) is 4.52. The van der Waals surface area contributed by atoms with E-state index in [9.17, 15) is 13.2 Å². The van der Waals surface area contributed by atoms with Gasteiger partial charge in [-0.25, -0.2) is 4.99 Å². The second-order valence-electron chi connectivity index (χ2n) is 5.92. The van der Waals surface area contributed by atoms with Crippen LogP contribution in [0.25, 0.3) is 0 Å². The summed E-state index contributed by atoms with van der Waals surface area (Å²) in [6.45, 7) is 2.44. The van der Waals surface area contributed by atoms with Crippen molar-refractivity contribution in [3.05, 3.63) is 53.3 Å². The Labute approximate surface area is 179 Å². The van der Waals surface area contributed by atoms with Crippen LogP contribution in [0.3, 0.4) is 0 Å². The van der Waals surface area contributed by atoms with E-state index in [1.54, 1.807) is 23.0 Å². The summed E-state index contributed by atoms with van der Waals surface area (Å²) >= 11 is 0. The Morgan fingerprint density at radius 1 is 1.14 bits per heavy atom. The topological polar surface area (TPSA) is 63.5 Å². The molecule has 0 unspecified atom stereocenters. The molecular formula is C18H25F3IN5O. The highest BCUT2D eigenvalue weighted by Gasteiger charge is 2.27. The summed E-state index contributed by atoms with van der Waals surface area (Å²) in [5.41, 5.74) is 2.67. The molecule has 1 heterocycles. The lowest BCUT2D eigenvalue weighted by Crippen LogP contribution is -2.37. The maximum atomic E-state index is 12.1. The highest BCUT2D eigenvalue weighted by molar-refractivity contribution is 14.0. The van der Waals surface area contributed by atoms with E-state index in [0.717, 1.165) is 17.8 Å². The number of nitrogens with zero attached hydrogens (tertiary/aromatic N) is 3. The Morgan fingerprint density at radius 2 is 1.82 bits per heavy atom. The molecule has 1 aromatic carbocycles. The van der Waals surface area contributed by atoms with E-state index in [4.69, 9.17) is 0 Å². The molecule has 0 radical (unpaired) electrons. The first-order valence-electron chi connectivity index (χ1n) is 8.58. The minimum Gasteiger partial charge on any atom is -0.367 e. The SMILES string of the molecule is CCNC(=NCc1ccc(COCC(F)(F)F)cc1)NCc1ccnn1C.I. The minimum absolute atomic E-state index is 0. The van der Waals surface area contributed by atoms with Gasteiger partial charge in [-0.15, -0.1) is 24.0 Å². The zero-order valence-electron chi connectivity index (χ0n) is 15.8. The van der Waals surface area contributed by atoms with Crippen molar-refractivity contribution < 1.29 is 17.9 Å². The number of aryl methyl sites for hydroxylation is 1. The highest BCUT2D eigenvalue weighted by Crippen LogP contribution is 2.16. The lowest BCUT2D eigenvalue weighted by molar-refractivity contribution is -0.176. The molecule has 10 heteroatoms. The van der Waals surface area contributed by atoms with Crippen molar-refractivity contribution >= 4 is 29.9 Å².